The van der Waals surface area contributed by atoms with Gasteiger partial charge in [0.05, 0.1) is 5.60 Å². The molecule has 0 bridgehead atoms. The minimum absolute atomic E-state index is 0.162. The first-order valence-electron chi connectivity index (χ1n) is 6.27. The first-order chi connectivity index (χ1) is 8.38. The molecule has 0 aliphatic carbocycles. The third-order valence-corrected chi connectivity index (χ3v) is 2.34. The van der Waals surface area contributed by atoms with Crippen LogP contribution in [0.15, 0.2) is 30.3 Å². The quantitative estimate of drug-likeness (QED) is 0.568. The van der Waals surface area contributed by atoms with Gasteiger partial charge in [-0.2, -0.15) is 0 Å². The maximum Gasteiger partial charge on any atom is 0.129 e. The predicted molar refractivity (Wildman–Crippen MR) is 71.0 cm³/mol. The van der Waals surface area contributed by atoms with Gasteiger partial charge in [-0.15, -0.1) is 0 Å². The number of benzene rings is 1. The molecule has 1 aromatic carbocycles. The van der Waals surface area contributed by atoms with Crippen molar-refractivity contribution in [1.29, 1.82) is 0 Å². The Morgan fingerprint density at radius 3 is 2.33 bits per heavy atom. The van der Waals surface area contributed by atoms with Gasteiger partial charge in [0.2, 0.25) is 0 Å². The Morgan fingerprint density at radius 1 is 1.22 bits per heavy atom. The number of Topliss-reactive ketones (excluding diaryl/α,β-unsaturated/α-hetero) is 1. The van der Waals surface area contributed by atoms with E-state index in [1.165, 1.54) is 0 Å². The van der Waals surface area contributed by atoms with E-state index in [-0.39, 0.29) is 17.5 Å². The Labute approximate surface area is 109 Å². The number of carbonyl (C=O) groups is 1. The van der Waals surface area contributed by atoms with Crippen molar-refractivity contribution in [2.75, 3.05) is 0 Å². The molecule has 18 heavy (non-hydrogen) atoms. The summed E-state index contributed by atoms with van der Waals surface area (Å²) in [6.07, 6.45) is 0.928. The lowest BCUT2D eigenvalue weighted by molar-refractivity contribution is -0.376. The van der Waals surface area contributed by atoms with Crippen LogP contribution in [0.4, 0.5) is 0 Å². The molecule has 0 N–H and O–H groups in total. The molecule has 0 aliphatic rings. The van der Waals surface area contributed by atoms with Crippen molar-refractivity contribution in [3.8, 4) is 0 Å². The average Bonchev–Trinajstić information content (AvgIpc) is 2.28. The molecule has 0 aliphatic heterocycles. The van der Waals surface area contributed by atoms with E-state index in [4.69, 9.17) is 9.78 Å². The van der Waals surface area contributed by atoms with Gasteiger partial charge in [-0.25, -0.2) is 9.78 Å². The number of hydrogen-bond donors (Lipinski definition) is 0. The molecule has 1 atom stereocenters. The first kappa shape index (κ1) is 14.9. The number of hydrogen-bond acceptors (Lipinski definition) is 3. The zero-order valence-corrected chi connectivity index (χ0v) is 11.6. The average molecular weight is 250 g/mol. The van der Waals surface area contributed by atoms with Crippen LogP contribution in [-0.2, 0) is 14.6 Å². The van der Waals surface area contributed by atoms with Crippen LogP contribution in [-0.4, -0.2) is 11.4 Å². The summed E-state index contributed by atoms with van der Waals surface area (Å²) in [6, 6.07) is 9.83. The summed E-state index contributed by atoms with van der Waals surface area (Å²) in [7, 11) is 0. The summed E-state index contributed by atoms with van der Waals surface area (Å²) in [5, 5.41) is 0. The molecule has 0 saturated heterocycles. The fourth-order valence-corrected chi connectivity index (χ4v) is 1.47. The van der Waals surface area contributed by atoms with Crippen LogP contribution in [0, 0.1) is 0 Å². The molecule has 3 nitrogen and oxygen atoms in total. The normalized spacial score (nSPS) is 13.3. The van der Waals surface area contributed by atoms with E-state index in [2.05, 4.69) is 0 Å². The third-order valence-electron chi connectivity index (χ3n) is 2.34. The maximum absolute atomic E-state index is 11.1. The van der Waals surface area contributed by atoms with Crippen LogP contribution in [0.5, 0.6) is 0 Å². The van der Waals surface area contributed by atoms with Crippen LogP contribution in [0.1, 0.15) is 52.2 Å². The largest absolute Gasteiger partial charge is 0.300 e. The highest BCUT2D eigenvalue weighted by Gasteiger charge is 2.19. The lowest BCUT2D eigenvalue weighted by atomic mass is 10.0. The highest BCUT2D eigenvalue weighted by atomic mass is 17.2. The van der Waals surface area contributed by atoms with Gasteiger partial charge >= 0.3 is 0 Å². The van der Waals surface area contributed by atoms with Gasteiger partial charge in [-0.05, 0) is 39.7 Å². The van der Waals surface area contributed by atoms with E-state index < -0.39 is 0 Å². The van der Waals surface area contributed by atoms with Gasteiger partial charge in [0.1, 0.15) is 11.9 Å². The molecular weight excluding hydrogens is 228 g/mol. The molecule has 1 rings (SSSR count). The second kappa shape index (κ2) is 6.66. The number of carbonyl (C=O) groups excluding carboxylic acids is 1. The van der Waals surface area contributed by atoms with Gasteiger partial charge in [0.25, 0.3) is 0 Å². The molecule has 0 fully saturated rings. The third kappa shape index (κ3) is 5.94. The SMILES string of the molecule is CC(=O)CCC(OOC(C)(C)C)c1ccccc1. The summed E-state index contributed by atoms with van der Waals surface area (Å²) in [5.41, 5.74) is 0.673. The van der Waals surface area contributed by atoms with Crippen LogP contribution in [0.3, 0.4) is 0 Å². The zero-order valence-electron chi connectivity index (χ0n) is 11.6. The van der Waals surface area contributed by atoms with Crippen molar-refractivity contribution in [2.24, 2.45) is 0 Å². The minimum Gasteiger partial charge on any atom is -0.300 e. The lowest BCUT2D eigenvalue weighted by Gasteiger charge is -2.23. The molecule has 0 aromatic heterocycles. The summed E-state index contributed by atoms with van der Waals surface area (Å²) in [6.45, 7) is 7.38. The van der Waals surface area contributed by atoms with Crippen molar-refractivity contribution in [3.05, 3.63) is 35.9 Å². The van der Waals surface area contributed by atoms with Gasteiger partial charge < -0.3 is 4.79 Å². The van der Waals surface area contributed by atoms with Crippen molar-refractivity contribution in [3.63, 3.8) is 0 Å². The lowest BCUT2D eigenvalue weighted by Crippen LogP contribution is -2.21. The molecule has 100 valence electrons. The van der Waals surface area contributed by atoms with Crippen molar-refractivity contribution in [1.82, 2.24) is 0 Å². The molecule has 1 aromatic rings. The van der Waals surface area contributed by atoms with E-state index >= 15 is 0 Å². The molecule has 0 amide bonds. The fourth-order valence-electron chi connectivity index (χ4n) is 1.47. The van der Waals surface area contributed by atoms with E-state index in [0.29, 0.717) is 12.8 Å². The molecule has 0 radical (unpaired) electrons. The standard InChI is InChI=1S/C15H22O3/c1-12(16)10-11-14(17-18-15(2,3)4)13-8-6-5-7-9-13/h5-9,14H,10-11H2,1-4H3. The summed E-state index contributed by atoms with van der Waals surface area (Å²) >= 11 is 0. The molecular formula is C15H22O3. The maximum atomic E-state index is 11.1. The van der Waals surface area contributed by atoms with E-state index in [1.807, 2.05) is 51.1 Å². The Hall–Kier alpha value is -1.19. The number of ketones is 1. The first-order valence-corrected chi connectivity index (χ1v) is 6.27. The van der Waals surface area contributed by atoms with Crippen LogP contribution >= 0.6 is 0 Å². The van der Waals surface area contributed by atoms with Gasteiger partial charge in [-0.3, -0.25) is 0 Å². The van der Waals surface area contributed by atoms with Gasteiger partial charge in [0.15, 0.2) is 0 Å². The zero-order chi connectivity index (χ0) is 13.6. The van der Waals surface area contributed by atoms with E-state index in [0.717, 1.165) is 5.56 Å². The fraction of sp³-hybridized carbons (Fsp3) is 0.533. The summed E-state index contributed by atoms with van der Waals surface area (Å²) in [4.78, 5) is 21.9. The van der Waals surface area contributed by atoms with Crippen molar-refractivity contribution >= 4 is 5.78 Å². The second-order valence-electron chi connectivity index (χ2n) is 5.43. The molecule has 1 unspecified atom stereocenters. The Balaban J connectivity index is 2.66. The van der Waals surface area contributed by atoms with Gasteiger partial charge in [-0.1, -0.05) is 30.3 Å². The van der Waals surface area contributed by atoms with Crippen molar-refractivity contribution < 1.29 is 14.6 Å². The molecule has 0 heterocycles. The molecule has 0 spiro atoms. The Kier molecular flexibility index (Phi) is 5.51. The van der Waals surface area contributed by atoms with E-state index in [9.17, 15) is 4.79 Å². The highest BCUT2D eigenvalue weighted by Crippen LogP contribution is 2.25. The molecule has 0 saturated carbocycles. The predicted octanol–water partition coefficient (Wildman–Crippen LogP) is 3.84. The molecule has 3 heteroatoms. The van der Waals surface area contributed by atoms with Crippen LogP contribution in [0.2, 0.25) is 0 Å². The van der Waals surface area contributed by atoms with Crippen LogP contribution in [0.25, 0.3) is 0 Å². The second-order valence-corrected chi connectivity index (χ2v) is 5.43. The van der Waals surface area contributed by atoms with Gasteiger partial charge in [0, 0.05) is 6.42 Å². The number of rotatable bonds is 6. The summed E-state index contributed by atoms with van der Waals surface area (Å²) < 4.78 is 0. The Morgan fingerprint density at radius 2 is 1.83 bits per heavy atom. The monoisotopic (exact) mass is 250 g/mol. The summed E-state index contributed by atoms with van der Waals surface area (Å²) in [5.74, 6) is 0.162. The van der Waals surface area contributed by atoms with E-state index in [1.54, 1.807) is 6.92 Å². The van der Waals surface area contributed by atoms with Crippen LogP contribution < -0.4 is 0 Å². The minimum atomic E-state index is -0.358. The smallest absolute Gasteiger partial charge is 0.129 e. The topological polar surface area (TPSA) is 35.5 Å². The van der Waals surface area contributed by atoms with Crippen molar-refractivity contribution in [2.45, 2.75) is 52.2 Å². The Bertz CT molecular complexity index is 365. The highest BCUT2D eigenvalue weighted by molar-refractivity contribution is 5.75.